The number of esters is 1. The Labute approximate surface area is 145 Å². The minimum atomic E-state index is -0.560. The lowest BCUT2D eigenvalue weighted by molar-refractivity contribution is -0.138. The minimum absolute atomic E-state index is 0.0139. The van der Waals surface area contributed by atoms with Gasteiger partial charge in [-0.3, -0.25) is 0 Å². The highest BCUT2D eigenvalue weighted by Gasteiger charge is 2.10. The molecule has 0 aliphatic heterocycles. The summed E-state index contributed by atoms with van der Waals surface area (Å²) in [4.78, 5) is 11.9. The van der Waals surface area contributed by atoms with Gasteiger partial charge in [-0.15, -0.1) is 0 Å². The molecule has 1 aromatic carbocycles. The summed E-state index contributed by atoms with van der Waals surface area (Å²) < 4.78 is 10.3. The second-order valence-corrected chi connectivity index (χ2v) is 6.18. The van der Waals surface area contributed by atoms with Crippen molar-refractivity contribution in [3.8, 4) is 11.8 Å². The van der Waals surface area contributed by atoms with Crippen molar-refractivity contribution < 1.29 is 14.3 Å². The summed E-state index contributed by atoms with van der Waals surface area (Å²) in [6, 6.07) is 9.05. The molecule has 130 valence electrons. The smallest absolute Gasteiger partial charge is 0.348 e. The summed E-state index contributed by atoms with van der Waals surface area (Å²) in [5, 5.41) is 9.14. The molecule has 0 heterocycles. The Morgan fingerprint density at radius 2 is 1.83 bits per heavy atom. The van der Waals surface area contributed by atoms with Crippen molar-refractivity contribution in [1.29, 1.82) is 5.26 Å². The largest absolute Gasteiger partial charge is 0.497 e. The van der Waals surface area contributed by atoms with Gasteiger partial charge < -0.3 is 9.47 Å². The van der Waals surface area contributed by atoms with Crippen molar-refractivity contribution in [3.05, 3.63) is 35.4 Å². The maximum atomic E-state index is 11.9. The van der Waals surface area contributed by atoms with E-state index in [0.29, 0.717) is 6.61 Å². The van der Waals surface area contributed by atoms with Crippen molar-refractivity contribution in [2.75, 3.05) is 13.7 Å². The third-order valence-electron chi connectivity index (χ3n) is 3.68. The lowest BCUT2D eigenvalue weighted by Gasteiger charge is -2.06. The summed E-state index contributed by atoms with van der Waals surface area (Å²) in [5.41, 5.74) is 0.776. The van der Waals surface area contributed by atoms with Crippen LogP contribution in [0.15, 0.2) is 29.8 Å². The highest BCUT2D eigenvalue weighted by atomic mass is 16.5. The molecular weight excluding hydrogens is 302 g/mol. The highest BCUT2D eigenvalue weighted by Crippen LogP contribution is 2.15. The lowest BCUT2D eigenvalue weighted by Crippen LogP contribution is -2.08. The monoisotopic (exact) mass is 329 g/mol. The van der Waals surface area contributed by atoms with Gasteiger partial charge in [0.05, 0.1) is 13.7 Å². The van der Waals surface area contributed by atoms with Crippen LogP contribution >= 0.6 is 0 Å². The van der Waals surface area contributed by atoms with Crippen LogP contribution in [0.4, 0.5) is 0 Å². The predicted molar refractivity (Wildman–Crippen MR) is 95.5 cm³/mol. The lowest BCUT2D eigenvalue weighted by atomic mass is 10.0. The molecule has 0 aliphatic rings. The third-order valence-corrected chi connectivity index (χ3v) is 3.68. The number of nitrogens with zero attached hydrogens (tertiary/aromatic N) is 1. The summed E-state index contributed by atoms with van der Waals surface area (Å²) in [7, 11) is 1.59. The van der Waals surface area contributed by atoms with E-state index in [9.17, 15) is 4.79 Å². The molecule has 0 saturated heterocycles. The van der Waals surface area contributed by atoms with E-state index in [2.05, 4.69) is 13.8 Å². The Balaban J connectivity index is 2.38. The molecule has 0 aromatic heterocycles. The molecule has 1 rings (SSSR count). The molecule has 0 spiro atoms. The number of hydrogen-bond acceptors (Lipinski definition) is 4. The van der Waals surface area contributed by atoms with Crippen molar-refractivity contribution in [2.45, 2.75) is 46.0 Å². The Morgan fingerprint density at radius 3 is 2.42 bits per heavy atom. The van der Waals surface area contributed by atoms with Crippen LogP contribution < -0.4 is 4.74 Å². The molecule has 0 unspecified atom stereocenters. The number of methoxy groups -OCH3 is 1. The molecular formula is C20H27NO3. The summed E-state index contributed by atoms with van der Waals surface area (Å²) in [5.74, 6) is 0.908. The van der Waals surface area contributed by atoms with Gasteiger partial charge in [0.15, 0.2) is 0 Å². The Morgan fingerprint density at radius 1 is 1.17 bits per heavy atom. The number of rotatable bonds is 10. The van der Waals surface area contributed by atoms with E-state index < -0.39 is 5.97 Å². The van der Waals surface area contributed by atoms with E-state index in [-0.39, 0.29) is 5.57 Å². The summed E-state index contributed by atoms with van der Waals surface area (Å²) in [6.07, 6.45) is 7.03. The number of unbranched alkanes of at least 4 members (excludes halogenated alkanes) is 3. The molecule has 0 N–H and O–H groups in total. The first-order valence-corrected chi connectivity index (χ1v) is 8.49. The van der Waals surface area contributed by atoms with E-state index in [1.807, 2.05) is 6.07 Å². The van der Waals surface area contributed by atoms with Gasteiger partial charge in [0.1, 0.15) is 17.4 Å². The van der Waals surface area contributed by atoms with E-state index >= 15 is 0 Å². The summed E-state index contributed by atoms with van der Waals surface area (Å²) in [6.45, 7) is 4.81. The van der Waals surface area contributed by atoms with Gasteiger partial charge in [0.25, 0.3) is 0 Å². The minimum Gasteiger partial charge on any atom is -0.497 e. The normalized spacial score (nSPS) is 11.2. The van der Waals surface area contributed by atoms with Crippen molar-refractivity contribution in [2.24, 2.45) is 5.92 Å². The zero-order valence-electron chi connectivity index (χ0n) is 14.9. The highest BCUT2D eigenvalue weighted by molar-refractivity contribution is 5.97. The fraction of sp³-hybridized carbons (Fsp3) is 0.500. The Kier molecular flexibility index (Phi) is 9.29. The van der Waals surface area contributed by atoms with Gasteiger partial charge in [-0.25, -0.2) is 4.79 Å². The molecule has 0 atom stereocenters. The maximum Gasteiger partial charge on any atom is 0.348 e. The second-order valence-electron chi connectivity index (χ2n) is 6.18. The van der Waals surface area contributed by atoms with Crippen LogP contribution in [0.3, 0.4) is 0 Å². The first-order valence-electron chi connectivity index (χ1n) is 8.49. The van der Waals surface area contributed by atoms with Gasteiger partial charge in [0.2, 0.25) is 0 Å². The van der Waals surface area contributed by atoms with Crippen LogP contribution in [-0.2, 0) is 9.53 Å². The molecule has 0 bridgehead atoms. The fourth-order valence-electron chi connectivity index (χ4n) is 2.25. The molecule has 4 nitrogen and oxygen atoms in total. The number of carbonyl (C=O) groups is 1. The Hall–Kier alpha value is -2.28. The van der Waals surface area contributed by atoms with Crippen LogP contribution in [0.5, 0.6) is 5.75 Å². The van der Waals surface area contributed by atoms with Gasteiger partial charge >= 0.3 is 5.97 Å². The molecule has 0 radical (unpaired) electrons. The van der Waals surface area contributed by atoms with E-state index in [4.69, 9.17) is 14.7 Å². The van der Waals surface area contributed by atoms with Gasteiger partial charge in [-0.05, 0) is 36.1 Å². The van der Waals surface area contributed by atoms with Crippen molar-refractivity contribution >= 4 is 12.0 Å². The number of nitriles is 1. The first-order chi connectivity index (χ1) is 11.6. The zero-order chi connectivity index (χ0) is 17.8. The van der Waals surface area contributed by atoms with Crippen LogP contribution in [0.1, 0.15) is 51.5 Å². The van der Waals surface area contributed by atoms with Crippen LogP contribution in [0, 0.1) is 17.2 Å². The third kappa shape index (κ3) is 7.82. The number of carbonyl (C=O) groups excluding carboxylic acids is 1. The number of hydrogen-bond donors (Lipinski definition) is 0. The molecule has 0 amide bonds. The molecule has 24 heavy (non-hydrogen) atoms. The van der Waals surface area contributed by atoms with Crippen LogP contribution in [0.25, 0.3) is 6.08 Å². The van der Waals surface area contributed by atoms with E-state index in [1.54, 1.807) is 31.4 Å². The number of ether oxygens (including phenoxy) is 2. The Bertz CT molecular complexity index is 568. The average Bonchev–Trinajstić information content (AvgIpc) is 2.58. The zero-order valence-corrected chi connectivity index (χ0v) is 14.9. The molecule has 4 heteroatoms. The topological polar surface area (TPSA) is 59.3 Å². The number of benzene rings is 1. The van der Waals surface area contributed by atoms with Gasteiger partial charge in [0, 0.05) is 0 Å². The quantitative estimate of drug-likeness (QED) is 0.269. The van der Waals surface area contributed by atoms with E-state index in [0.717, 1.165) is 36.5 Å². The molecule has 0 aliphatic carbocycles. The van der Waals surface area contributed by atoms with Crippen molar-refractivity contribution in [3.63, 3.8) is 0 Å². The molecule has 0 fully saturated rings. The molecule has 0 saturated carbocycles. The molecule has 1 aromatic rings. The first kappa shape index (κ1) is 19.8. The van der Waals surface area contributed by atoms with Crippen molar-refractivity contribution in [1.82, 2.24) is 0 Å². The fourth-order valence-corrected chi connectivity index (χ4v) is 2.25. The van der Waals surface area contributed by atoms with Gasteiger partial charge in [-0.2, -0.15) is 5.26 Å². The van der Waals surface area contributed by atoms with Crippen LogP contribution in [-0.4, -0.2) is 19.7 Å². The predicted octanol–water partition coefficient (Wildman–Crippen LogP) is 4.75. The van der Waals surface area contributed by atoms with Gasteiger partial charge in [-0.1, -0.05) is 51.7 Å². The summed E-state index contributed by atoms with van der Waals surface area (Å²) >= 11 is 0. The van der Waals surface area contributed by atoms with E-state index in [1.165, 1.54) is 18.9 Å². The second kappa shape index (κ2) is 11.3. The standard InChI is InChI=1S/C20H27NO3/c1-16(2)8-6-4-5-7-13-24-20(22)18(15-21)14-17-9-11-19(23-3)12-10-17/h9-12,14,16H,4-8,13H2,1-3H3/b18-14+. The van der Waals surface area contributed by atoms with Crippen LogP contribution in [0.2, 0.25) is 0 Å². The SMILES string of the molecule is COc1ccc(/C=C(\C#N)C(=O)OCCCCCCC(C)C)cc1. The average molecular weight is 329 g/mol. The maximum absolute atomic E-state index is 11.9.